The minimum atomic E-state index is -3.04. The smallest absolute Gasteiger partial charge is 0.208 e. The quantitative estimate of drug-likeness (QED) is 0.670. The average molecular weight is 261 g/mol. The van der Waals surface area contributed by atoms with Crippen LogP contribution in [0.5, 0.6) is 0 Å². The third-order valence-electron chi connectivity index (χ3n) is 4.02. The monoisotopic (exact) mass is 261 g/mol. The van der Waals surface area contributed by atoms with E-state index in [4.69, 9.17) is 0 Å². The SMILES string of the molecule is CN1C2CCC1CC(NCCNS(C)(=O)=O)C2. The molecular formula is C11H23N3O2S. The summed E-state index contributed by atoms with van der Waals surface area (Å²) in [6.45, 7) is 1.21. The van der Waals surface area contributed by atoms with Gasteiger partial charge in [0.05, 0.1) is 6.26 Å². The number of nitrogens with one attached hydrogen (secondary N) is 2. The van der Waals surface area contributed by atoms with Gasteiger partial charge in [-0.2, -0.15) is 0 Å². The van der Waals surface area contributed by atoms with Crippen molar-refractivity contribution < 1.29 is 8.42 Å². The van der Waals surface area contributed by atoms with E-state index in [1.54, 1.807) is 0 Å². The summed E-state index contributed by atoms with van der Waals surface area (Å²) < 4.78 is 24.3. The molecule has 2 heterocycles. The Morgan fingerprint density at radius 2 is 1.76 bits per heavy atom. The minimum absolute atomic E-state index is 0.487. The Bertz CT molecular complexity index is 344. The number of sulfonamides is 1. The molecule has 2 atom stereocenters. The number of fused-ring (bicyclic) bond motifs is 2. The van der Waals surface area contributed by atoms with Gasteiger partial charge in [-0.1, -0.05) is 0 Å². The summed E-state index contributed by atoms with van der Waals surface area (Å²) in [5, 5.41) is 3.46. The molecule has 0 spiro atoms. The van der Waals surface area contributed by atoms with Crippen LogP contribution in [0.3, 0.4) is 0 Å². The molecule has 0 aromatic carbocycles. The predicted octanol–water partition coefficient (Wildman–Crippen LogP) is -0.250. The second kappa shape index (κ2) is 5.22. The van der Waals surface area contributed by atoms with E-state index in [1.807, 2.05) is 0 Å². The van der Waals surface area contributed by atoms with Crippen molar-refractivity contribution in [1.82, 2.24) is 14.9 Å². The summed E-state index contributed by atoms with van der Waals surface area (Å²) in [6, 6.07) is 2.02. The van der Waals surface area contributed by atoms with Crippen LogP contribution in [0.15, 0.2) is 0 Å². The second-order valence-electron chi connectivity index (χ2n) is 5.34. The van der Waals surface area contributed by atoms with Gasteiger partial charge < -0.3 is 10.2 Å². The molecule has 2 fully saturated rings. The first kappa shape index (κ1) is 13.3. The Kier molecular flexibility index (Phi) is 4.07. The highest BCUT2D eigenvalue weighted by atomic mass is 32.2. The highest BCUT2D eigenvalue weighted by molar-refractivity contribution is 7.88. The van der Waals surface area contributed by atoms with Gasteiger partial charge in [-0.05, 0) is 32.7 Å². The predicted molar refractivity (Wildman–Crippen MR) is 68.4 cm³/mol. The standard InChI is InChI=1S/C11H23N3O2S/c1-14-10-3-4-11(14)8-9(7-10)12-5-6-13-17(2,15)16/h9-13H,3-8H2,1-2H3. The zero-order valence-electron chi connectivity index (χ0n) is 10.6. The van der Waals surface area contributed by atoms with Gasteiger partial charge in [0.2, 0.25) is 10.0 Å². The molecule has 2 bridgehead atoms. The molecule has 0 aromatic rings. The Morgan fingerprint density at radius 1 is 1.18 bits per heavy atom. The van der Waals surface area contributed by atoms with Crippen molar-refractivity contribution in [1.29, 1.82) is 0 Å². The van der Waals surface area contributed by atoms with E-state index in [9.17, 15) is 8.42 Å². The highest BCUT2D eigenvalue weighted by Crippen LogP contribution is 2.33. The molecule has 0 amide bonds. The number of hydrogen-bond acceptors (Lipinski definition) is 4. The Hall–Kier alpha value is -0.170. The van der Waals surface area contributed by atoms with Crippen LogP contribution in [0.1, 0.15) is 25.7 Å². The zero-order valence-corrected chi connectivity index (χ0v) is 11.5. The molecule has 2 unspecified atom stereocenters. The summed E-state index contributed by atoms with van der Waals surface area (Å²) in [7, 11) is -0.817. The van der Waals surface area contributed by atoms with E-state index in [1.165, 1.54) is 31.9 Å². The van der Waals surface area contributed by atoms with Gasteiger partial charge in [0.15, 0.2) is 0 Å². The van der Waals surface area contributed by atoms with Crippen molar-refractivity contribution in [2.45, 2.75) is 43.8 Å². The summed E-state index contributed by atoms with van der Waals surface area (Å²) in [4.78, 5) is 2.51. The van der Waals surface area contributed by atoms with Crippen molar-refractivity contribution in [3.05, 3.63) is 0 Å². The number of rotatable bonds is 5. The van der Waals surface area contributed by atoms with E-state index >= 15 is 0 Å². The fourth-order valence-electron chi connectivity index (χ4n) is 3.09. The third kappa shape index (κ3) is 3.64. The first-order valence-electron chi connectivity index (χ1n) is 6.35. The van der Waals surface area contributed by atoms with Crippen molar-refractivity contribution >= 4 is 10.0 Å². The zero-order chi connectivity index (χ0) is 12.5. The van der Waals surface area contributed by atoms with Gasteiger partial charge in [-0.25, -0.2) is 13.1 Å². The fraction of sp³-hybridized carbons (Fsp3) is 1.00. The maximum absolute atomic E-state index is 10.9. The molecule has 2 saturated heterocycles. The lowest BCUT2D eigenvalue weighted by Crippen LogP contribution is -2.48. The van der Waals surface area contributed by atoms with Crippen LogP contribution in [-0.2, 0) is 10.0 Å². The van der Waals surface area contributed by atoms with Gasteiger partial charge in [-0.3, -0.25) is 0 Å². The van der Waals surface area contributed by atoms with Gasteiger partial charge in [-0.15, -0.1) is 0 Å². The lowest BCUT2D eigenvalue weighted by atomic mass is 9.98. The first-order chi connectivity index (χ1) is 7.96. The van der Waals surface area contributed by atoms with E-state index in [0.29, 0.717) is 12.6 Å². The molecule has 2 rings (SSSR count). The average Bonchev–Trinajstić information content (AvgIpc) is 2.49. The van der Waals surface area contributed by atoms with Crippen molar-refractivity contribution in [3.63, 3.8) is 0 Å². The van der Waals surface area contributed by atoms with Crippen LogP contribution in [0.4, 0.5) is 0 Å². The van der Waals surface area contributed by atoms with Gasteiger partial charge in [0.25, 0.3) is 0 Å². The van der Waals surface area contributed by atoms with Crippen molar-refractivity contribution in [3.8, 4) is 0 Å². The van der Waals surface area contributed by atoms with E-state index in [2.05, 4.69) is 22.0 Å². The molecule has 0 aromatic heterocycles. The number of nitrogens with zero attached hydrogens (tertiary/aromatic N) is 1. The summed E-state index contributed by atoms with van der Waals surface area (Å²) in [5.74, 6) is 0. The highest BCUT2D eigenvalue weighted by Gasteiger charge is 2.37. The van der Waals surface area contributed by atoms with E-state index in [-0.39, 0.29) is 0 Å². The molecule has 2 N–H and O–H groups in total. The van der Waals surface area contributed by atoms with Gasteiger partial charge in [0.1, 0.15) is 0 Å². The molecule has 6 heteroatoms. The lowest BCUT2D eigenvalue weighted by molar-refractivity contribution is 0.149. The molecule has 2 aliphatic heterocycles. The van der Waals surface area contributed by atoms with E-state index in [0.717, 1.165) is 18.6 Å². The van der Waals surface area contributed by atoms with Crippen LogP contribution in [0.25, 0.3) is 0 Å². The first-order valence-corrected chi connectivity index (χ1v) is 8.25. The molecule has 2 aliphatic rings. The molecule has 100 valence electrons. The third-order valence-corrected chi connectivity index (χ3v) is 4.75. The minimum Gasteiger partial charge on any atom is -0.313 e. The van der Waals surface area contributed by atoms with Crippen molar-refractivity contribution in [2.75, 3.05) is 26.4 Å². The van der Waals surface area contributed by atoms with Gasteiger partial charge in [0, 0.05) is 31.2 Å². The van der Waals surface area contributed by atoms with E-state index < -0.39 is 10.0 Å². The molecule has 0 aliphatic carbocycles. The van der Waals surface area contributed by atoms with Crippen LogP contribution < -0.4 is 10.0 Å². The molecule has 17 heavy (non-hydrogen) atoms. The maximum atomic E-state index is 10.9. The molecule has 0 saturated carbocycles. The van der Waals surface area contributed by atoms with Crippen LogP contribution >= 0.6 is 0 Å². The Labute approximate surface area is 104 Å². The largest absolute Gasteiger partial charge is 0.313 e. The van der Waals surface area contributed by atoms with Crippen LogP contribution in [-0.4, -0.2) is 57.8 Å². The van der Waals surface area contributed by atoms with Crippen LogP contribution in [0, 0.1) is 0 Å². The molecule has 5 nitrogen and oxygen atoms in total. The Morgan fingerprint density at radius 3 is 2.29 bits per heavy atom. The molecular weight excluding hydrogens is 238 g/mol. The lowest BCUT2D eigenvalue weighted by Gasteiger charge is -2.36. The topological polar surface area (TPSA) is 61.4 Å². The summed E-state index contributed by atoms with van der Waals surface area (Å²) in [6.07, 6.45) is 6.24. The van der Waals surface area contributed by atoms with Gasteiger partial charge >= 0.3 is 0 Å². The summed E-state index contributed by atoms with van der Waals surface area (Å²) in [5.41, 5.74) is 0. The molecule has 0 radical (unpaired) electrons. The normalized spacial score (nSPS) is 34.1. The summed E-state index contributed by atoms with van der Waals surface area (Å²) >= 11 is 0. The Balaban J connectivity index is 1.68. The van der Waals surface area contributed by atoms with Crippen molar-refractivity contribution in [2.24, 2.45) is 0 Å². The van der Waals surface area contributed by atoms with Crippen LogP contribution in [0.2, 0.25) is 0 Å². The maximum Gasteiger partial charge on any atom is 0.208 e. The number of piperidine rings is 1. The fourth-order valence-corrected chi connectivity index (χ4v) is 3.56. The second-order valence-corrected chi connectivity index (χ2v) is 7.17. The number of hydrogen-bond donors (Lipinski definition) is 2.